The number of nitrogens with zero attached hydrogens (tertiary/aromatic N) is 1. The number of hydrogen-bond donors (Lipinski definition) is 2. The molecule has 0 aliphatic heterocycles. The number of anilines is 2. The van der Waals surface area contributed by atoms with Gasteiger partial charge in [0.25, 0.3) is 5.91 Å². The zero-order chi connectivity index (χ0) is 13.7. The number of ether oxygens (including phenoxy) is 1. The maximum atomic E-state index is 11.7. The van der Waals surface area contributed by atoms with Crippen LogP contribution in [0.3, 0.4) is 0 Å². The van der Waals surface area contributed by atoms with E-state index in [9.17, 15) is 4.79 Å². The summed E-state index contributed by atoms with van der Waals surface area (Å²) in [5.74, 6) is 0.889. The molecular weight excluding hydrogens is 242 g/mol. The third-order valence-corrected chi connectivity index (χ3v) is 2.47. The molecule has 0 aliphatic rings. The summed E-state index contributed by atoms with van der Waals surface area (Å²) in [6.07, 6.45) is 1.50. The molecule has 1 aromatic carbocycles. The van der Waals surface area contributed by atoms with E-state index in [0.29, 0.717) is 17.3 Å². The molecule has 0 saturated heterocycles. The quantitative estimate of drug-likeness (QED) is 0.878. The third kappa shape index (κ3) is 3.70. The number of aromatic nitrogens is 1. The van der Waals surface area contributed by atoms with Crippen LogP contribution in [0.1, 0.15) is 5.56 Å². The molecule has 3 N–H and O–H groups in total. The number of nitrogen functional groups attached to an aromatic ring is 1. The minimum atomic E-state index is -0.260. The van der Waals surface area contributed by atoms with Gasteiger partial charge in [-0.1, -0.05) is 18.2 Å². The van der Waals surface area contributed by atoms with Crippen LogP contribution in [-0.2, 0) is 4.79 Å². The van der Waals surface area contributed by atoms with Crippen LogP contribution >= 0.6 is 0 Å². The van der Waals surface area contributed by atoms with Crippen LogP contribution in [-0.4, -0.2) is 17.5 Å². The summed E-state index contributed by atoms with van der Waals surface area (Å²) in [6.45, 7) is 1.77. The zero-order valence-electron chi connectivity index (χ0n) is 10.6. The van der Waals surface area contributed by atoms with E-state index in [1.54, 1.807) is 18.2 Å². The van der Waals surface area contributed by atoms with Crippen LogP contribution in [0, 0.1) is 6.92 Å². The summed E-state index contributed by atoms with van der Waals surface area (Å²) in [4.78, 5) is 15.8. The number of amides is 1. The van der Waals surface area contributed by atoms with Crippen molar-refractivity contribution in [2.75, 3.05) is 17.7 Å². The van der Waals surface area contributed by atoms with Gasteiger partial charge in [-0.25, -0.2) is 4.98 Å². The highest BCUT2D eigenvalue weighted by Gasteiger charge is 2.07. The van der Waals surface area contributed by atoms with Crippen LogP contribution in [0.5, 0.6) is 5.75 Å². The monoisotopic (exact) mass is 257 g/mol. The lowest BCUT2D eigenvalue weighted by Crippen LogP contribution is -2.21. The fourth-order valence-corrected chi connectivity index (χ4v) is 1.56. The Morgan fingerprint density at radius 3 is 2.79 bits per heavy atom. The highest BCUT2D eigenvalue weighted by atomic mass is 16.5. The van der Waals surface area contributed by atoms with E-state index < -0.39 is 0 Å². The molecular formula is C14H15N3O2. The van der Waals surface area contributed by atoms with Gasteiger partial charge >= 0.3 is 0 Å². The fraction of sp³-hybridized carbons (Fsp3) is 0.143. The minimum Gasteiger partial charge on any atom is -0.484 e. The van der Waals surface area contributed by atoms with Gasteiger partial charge in [-0.3, -0.25) is 4.79 Å². The predicted octanol–water partition coefficient (Wildman–Crippen LogP) is 1.99. The first-order valence-electron chi connectivity index (χ1n) is 5.85. The summed E-state index contributed by atoms with van der Waals surface area (Å²) < 4.78 is 5.34. The zero-order valence-corrected chi connectivity index (χ0v) is 10.6. The van der Waals surface area contributed by atoms with Crippen molar-refractivity contribution in [2.45, 2.75) is 6.92 Å². The molecule has 0 atom stereocenters. The van der Waals surface area contributed by atoms with Gasteiger partial charge in [-0.05, 0) is 30.7 Å². The van der Waals surface area contributed by atoms with Crippen molar-refractivity contribution in [1.29, 1.82) is 0 Å². The minimum absolute atomic E-state index is 0.0600. The van der Waals surface area contributed by atoms with Crippen molar-refractivity contribution >= 4 is 17.4 Å². The fourth-order valence-electron chi connectivity index (χ4n) is 1.56. The molecule has 0 aliphatic carbocycles. The van der Waals surface area contributed by atoms with Gasteiger partial charge in [0.1, 0.15) is 11.6 Å². The molecule has 1 heterocycles. The van der Waals surface area contributed by atoms with Crippen LogP contribution in [0.2, 0.25) is 0 Å². The first kappa shape index (κ1) is 12.9. The highest BCUT2D eigenvalue weighted by Crippen LogP contribution is 2.14. The van der Waals surface area contributed by atoms with Gasteiger partial charge in [0.15, 0.2) is 6.61 Å². The number of pyridine rings is 1. The molecule has 0 radical (unpaired) electrons. The smallest absolute Gasteiger partial charge is 0.263 e. The van der Waals surface area contributed by atoms with Crippen molar-refractivity contribution in [2.24, 2.45) is 0 Å². The summed E-state index contributed by atoms with van der Waals surface area (Å²) in [5, 5.41) is 2.68. The summed E-state index contributed by atoms with van der Waals surface area (Å²) in [5.41, 5.74) is 6.97. The molecule has 0 unspecified atom stereocenters. The maximum Gasteiger partial charge on any atom is 0.263 e. The lowest BCUT2D eigenvalue weighted by molar-refractivity contribution is -0.118. The van der Waals surface area contributed by atoms with E-state index in [1.165, 1.54) is 6.20 Å². The Kier molecular flexibility index (Phi) is 3.97. The Bertz CT molecular complexity index is 570. The van der Waals surface area contributed by atoms with Crippen LogP contribution in [0.4, 0.5) is 11.5 Å². The number of nitrogens with two attached hydrogens (primary N) is 1. The number of carbonyl (C=O) groups excluding carboxylic acids is 1. The molecule has 2 aromatic rings. The number of nitrogens with one attached hydrogen (secondary N) is 1. The normalized spacial score (nSPS) is 9.95. The molecule has 0 saturated carbocycles. The van der Waals surface area contributed by atoms with E-state index in [-0.39, 0.29) is 12.5 Å². The van der Waals surface area contributed by atoms with Crippen molar-refractivity contribution in [1.82, 2.24) is 4.98 Å². The molecule has 2 rings (SSSR count). The lowest BCUT2D eigenvalue weighted by Gasteiger charge is -2.09. The van der Waals surface area contributed by atoms with Gasteiger partial charge in [-0.2, -0.15) is 0 Å². The SMILES string of the molecule is Cc1cc(N)cnc1NC(=O)COc1ccccc1. The lowest BCUT2D eigenvalue weighted by atomic mass is 10.2. The second-order valence-electron chi connectivity index (χ2n) is 4.08. The third-order valence-electron chi connectivity index (χ3n) is 2.47. The molecule has 0 fully saturated rings. The van der Waals surface area contributed by atoms with Crippen molar-refractivity contribution in [3.63, 3.8) is 0 Å². The highest BCUT2D eigenvalue weighted by molar-refractivity contribution is 5.91. The molecule has 98 valence electrons. The Morgan fingerprint density at radius 1 is 1.37 bits per heavy atom. The molecule has 0 bridgehead atoms. The molecule has 5 nitrogen and oxygen atoms in total. The van der Waals surface area contributed by atoms with Gasteiger partial charge in [0.2, 0.25) is 0 Å². The number of aryl methyl sites for hydroxylation is 1. The van der Waals surface area contributed by atoms with Crippen LogP contribution in [0.25, 0.3) is 0 Å². The first-order valence-corrected chi connectivity index (χ1v) is 5.85. The number of carbonyl (C=O) groups is 1. The van der Waals surface area contributed by atoms with Crippen LogP contribution < -0.4 is 15.8 Å². The van der Waals surface area contributed by atoms with E-state index >= 15 is 0 Å². The number of hydrogen-bond acceptors (Lipinski definition) is 4. The second kappa shape index (κ2) is 5.86. The molecule has 1 amide bonds. The largest absolute Gasteiger partial charge is 0.484 e. The van der Waals surface area contributed by atoms with E-state index in [0.717, 1.165) is 5.56 Å². The van der Waals surface area contributed by atoms with E-state index in [1.807, 2.05) is 25.1 Å². The summed E-state index contributed by atoms with van der Waals surface area (Å²) in [7, 11) is 0. The Labute approximate surface area is 111 Å². The summed E-state index contributed by atoms with van der Waals surface area (Å²) >= 11 is 0. The van der Waals surface area contributed by atoms with Gasteiger partial charge in [0, 0.05) is 0 Å². The average Bonchev–Trinajstić information content (AvgIpc) is 2.41. The Hall–Kier alpha value is -2.56. The first-order chi connectivity index (χ1) is 9.15. The molecule has 19 heavy (non-hydrogen) atoms. The topological polar surface area (TPSA) is 77.2 Å². The van der Waals surface area contributed by atoms with Gasteiger partial charge < -0.3 is 15.8 Å². The maximum absolute atomic E-state index is 11.7. The Balaban J connectivity index is 1.91. The van der Waals surface area contributed by atoms with E-state index in [4.69, 9.17) is 10.5 Å². The van der Waals surface area contributed by atoms with Crippen molar-refractivity contribution in [3.8, 4) is 5.75 Å². The van der Waals surface area contributed by atoms with Crippen molar-refractivity contribution < 1.29 is 9.53 Å². The Morgan fingerprint density at radius 2 is 2.11 bits per heavy atom. The molecule has 1 aromatic heterocycles. The number of para-hydroxylation sites is 1. The summed E-state index contributed by atoms with van der Waals surface area (Å²) in [6, 6.07) is 10.9. The van der Waals surface area contributed by atoms with E-state index in [2.05, 4.69) is 10.3 Å². The number of rotatable bonds is 4. The molecule has 0 spiro atoms. The number of benzene rings is 1. The average molecular weight is 257 g/mol. The predicted molar refractivity (Wildman–Crippen MR) is 74.0 cm³/mol. The molecule has 5 heteroatoms. The standard InChI is InChI=1S/C14H15N3O2/c1-10-7-11(15)8-16-14(10)17-13(18)9-19-12-5-3-2-4-6-12/h2-8H,9,15H2,1H3,(H,16,17,18). The van der Waals surface area contributed by atoms with Gasteiger partial charge in [-0.15, -0.1) is 0 Å². The van der Waals surface area contributed by atoms with Gasteiger partial charge in [0.05, 0.1) is 11.9 Å². The second-order valence-corrected chi connectivity index (χ2v) is 4.08. The van der Waals surface area contributed by atoms with Crippen LogP contribution in [0.15, 0.2) is 42.6 Å². The van der Waals surface area contributed by atoms with Crippen molar-refractivity contribution in [3.05, 3.63) is 48.2 Å².